The van der Waals surface area contributed by atoms with Crippen LogP contribution in [0.5, 0.6) is 5.75 Å². The lowest BCUT2D eigenvalue weighted by molar-refractivity contribution is 0.0172. The molecule has 1 N–H and O–H groups in total. The van der Waals surface area contributed by atoms with Crippen molar-refractivity contribution in [1.82, 2.24) is 19.8 Å². The monoisotopic (exact) mass is 689 g/mol. The quantitative estimate of drug-likeness (QED) is 0.213. The first-order valence-electron chi connectivity index (χ1n) is 16.3. The number of nitrogens with zero attached hydrogens (tertiary/aromatic N) is 5. The highest BCUT2D eigenvalue weighted by Crippen LogP contribution is 2.44. The molecule has 0 aliphatic carbocycles. The van der Waals surface area contributed by atoms with Crippen LogP contribution in [0.2, 0.25) is 23.3 Å². The number of anilines is 1. The van der Waals surface area contributed by atoms with Gasteiger partial charge in [0, 0.05) is 49.8 Å². The van der Waals surface area contributed by atoms with E-state index in [0.29, 0.717) is 36.4 Å². The van der Waals surface area contributed by atoms with Crippen LogP contribution in [0.1, 0.15) is 59.9 Å². The Morgan fingerprint density at radius 3 is 2.32 bits per heavy atom. The lowest BCUT2D eigenvalue weighted by Crippen LogP contribution is -2.61. The van der Waals surface area contributed by atoms with Gasteiger partial charge in [-0.25, -0.2) is 19.6 Å². The zero-order chi connectivity index (χ0) is 34.9. The molecule has 1 aromatic carbocycles. The predicted molar refractivity (Wildman–Crippen MR) is 187 cm³/mol. The van der Waals surface area contributed by atoms with Gasteiger partial charge in [0.15, 0.2) is 14.1 Å². The maximum absolute atomic E-state index is 12.8. The lowest BCUT2D eigenvalue weighted by atomic mass is 9.72. The second-order valence-electron chi connectivity index (χ2n) is 15.6. The van der Waals surface area contributed by atoms with Crippen molar-refractivity contribution in [1.29, 1.82) is 0 Å². The average molecular weight is 690 g/mol. The number of carbonyl (C=O) groups excluding carboxylic acids is 1. The fourth-order valence-electron chi connectivity index (χ4n) is 5.67. The molecule has 1 atom stereocenters. The molecule has 2 amide bonds. The molecule has 0 bridgehead atoms. The molecule has 11 nitrogen and oxygen atoms in total. The second kappa shape index (κ2) is 13.8. The highest BCUT2D eigenvalue weighted by molar-refractivity contribution is 6.74. The average Bonchev–Trinajstić information content (AvgIpc) is 2.94. The van der Waals surface area contributed by atoms with E-state index in [2.05, 4.69) is 43.7 Å². The Balaban J connectivity index is 1.48. The van der Waals surface area contributed by atoms with E-state index in [-0.39, 0.29) is 23.2 Å². The number of likely N-dealkylation sites (tertiary alicyclic amines) is 1. The van der Waals surface area contributed by atoms with Crippen LogP contribution >= 0.6 is 11.6 Å². The Hall–Kier alpha value is -3.09. The van der Waals surface area contributed by atoms with E-state index in [4.69, 9.17) is 30.5 Å². The SMILES string of the molecule is Cc1c(Cl)nc(-c2cccc(OC[C@H](CN(C)C(=O)OC(C)(C)C)O[Si](C)(C)C(C)(C)C)c2)nc1N1CC2(CCN(C(=O)O)CC2)C1. The van der Waals surface area contributed by atoms with Gasteiger partial charge in [0.25, 0.3) is 0 Å². The smallest absolute Gasteiger partial charge is 0.410 e. The number of halogens is 1. The Labute approximate surface area is 285 Å². The van der Waals surface area contributed by atoms with Crippen molar-refractivity contribution in [2.75, 3.05) is 51.3 Å². The Kier molecular flexibility index (Phi) is 10.8. The van der Waals surface area contributed by atoms with E-state index in [1.54, 1.807) is 11.9 Å². The molecular weight excluding hydrogens is 638 g/mol. The molecule has 1 spiro atoms. The summed E-state index contributed by atoms with van der Waals surface area (Å²) >= 11 is 6.64. The molecule has 0 saturated carbocycles. The summed E-state index contributed by atoms with van der Waals surface area (Å²) in [4.78, 5) is 38.9. The van der Waals surface area contributed by atoms with Gasteiger partial charge < -0.3 is 33.7 Å². The third kappa shape index (κ3) is 9.08. The molecule has 13 heteroatoms. The molecule has 2 aromatic rings. The number of hydrogen-bond donors (Lipinski definition) is 1. The summed E-state index contributed by atoms with van der Waals surface area (Å²) in [6, 6.07) is 7.60. The third-order valence-corrected chi connectivity index (χ3v) is 14.4. The molecule has 2 fully saturated rings. The number of rotatable bonds is 9. The van der Waals surface area contributed by atoms with Crippen LogP contribution < -0.4 is 9.64 Å². The third-order valence-electron chi connectivity index (χ3n) is 9.49. The first-order valence-corrected chi connectivity index (χ1v) is 19.6. The minimum Gasteiger partial charge on any atom is -0.491 e. The molecule has 2 aliphatic rings. The number of aromatic nitrogens is 2. The van der Waals surface area contributed by atoms with Gasteiger partial charge in [0.2, 0.25) is 0 Å². The highest BCUT2D eigenvalue weighted by atomic mass is 35.5. The molecule has 3 heterocycles. The van der Waals surface area contributed by atoms with Gasteiger partial charge in [-0.15, -0.1) is 0 Å². The van der Waals surface area contributed by atoms with E-state index in [1.165, 1.54) is 4.90 Å². The molecule has 0 unspecified atom stereocenters. The summed E-state index contributed by atoms with van der Waals surface area (Å²) < 4.78 is 18.6. The van der Waals surface area contributed by atoms with Crippen molar-refractivity contribution in [3.8, 4) is 17.1 Å². The van der Waals surface area contributed by atoms with Crippen molar-refractivity contribution < 1.29 is 28.6 Å². The zero-order valence-electron chi connectivity index (χ0n) is 29.6. The highest BCUT2D eigenvalue weighted by Gasteiger charge is 2.46. The number of carboxylic acid groups (broad SMARTS) is 1. The number of piperidine rings is 1. The van der Waals surface area contributed by atoms with Crippen molar-refractivity contribution in [3.05, 3.63) is 35.0 Å². The van der Waals surface area contributed by atoms with Gasteiger partial charge in [-0.2, -0.15) is 0 Å². The number of carbonyl (C=O) groups is 2. The second-order valence-corrected chi connectivity index (χ2v) is 20.7. The van der Waals surface area contributed by atoms with Crippen LogP contribution in [-0.4, -0.2) is 103 Å². The van der Waals surface area contributed by atoms with Crippen LogP contribution in [0, 0.1) is 12.3 Å². The predicted octanol–water partition coefficient (Wildman–Crippen LogP) is 7.32. The standard InChI is InChI=1S/C34H52ClN5O6Si/c1-23-27(35)36-28(37-29(23)40-21-34(22-40)14-16-39(17-15-34)30(41)42)24-12-11-13-25(18-24)44-20-26(46-47(9,10)33(5,6)7)19-38(8)31(43)45-32(2,3)4/h11-13,18,26H,14-17,19-22H2,1-10H3,(H,41,42)/t26-/m0/s1. The van der Waals surface area contributed by atoms with Gasteiger partial charge in [-0.05, 0) is 70.8 Å². The molecular formula is C34H52ClN5O6Si. The molecule has 2 saturated heterocycles. The van der Waals surface area contributed by atoms with Crippen molar-refractivity contribution in [3.63, 3.8) is 0 Å². The van der Waals surface area contributed by atoms with Crippen LogP contribution in [0.4, 0.5) is 15.4 Å². The topological polar surface area (TPSA) is 118 Å². The van der Waals surface area contributed by atoms with Crippen molar-refractivity contribution >= 4 is 37.9 Å². The van der Waals surface area contributed by atoms with E-state index in [1.807, 2.05) is 52.0 Å². The molecule has 0 radical (unpaired) electrons. The fourth-order valence-corrected chi connectivity index (χ4v) is 7.16. The normalized spacial score (nSPS) is 17.3. The van der Waals surface area contributed by atoms with Crippen LogP contribution in [-0.2, 0) is 9.16 Å². The molecule has 2 aliphatic heterocycles. The largest absolute Gasteiger partial charge is 0.491 e. The van der Waals surface area contributed by atoms with Gasteiger partial charge in [-0.3, -0.25) is 0 Å². The summed E-state index contributed by atoms with van der Waals surface area (Å²) in [6.45, 7) is 21.7. The number of likely N-dealkylation sites (N-methyl/N-ethyl adjacent to an activating group) is 1. The summed E-state index contributed by atoms with van der Waals surface area (Å²) in [7, 11) is -0.481. The van der Waals surface area contributed by atoms with E-state index in [0.717, 1.165) is 42.9 Å². The maximum atomic E-state index is 12.8. The molecule has 260 valence electrons. The summed E-state index contributed by atoms with van der Waals surface area (Å²) in [5, 5.41) is 9.70. The van der Waals surface area contributed by atoms with E-state index in [9.17, 15) is 14.7 Å². The van der Waals surface area contributed by atoms with E-state index >= 15 is 0 Å². The van der Waals surface area contributed by atoms with Crippen molar-refractivity contribution in [2.45, 2.75) is 91.1 Å². The summed E-state index contributed by atoms with van der Waals surface area (Å²) in [6.07, 6.45) is 0.0413. The Morgan fingerprint density at radius 2 is 1.74 bits per heavy atom. The Bertz CT molecular complexity index is 1440. The van der Waals surface area contributed by atoms with E-state index < -0.39 is 26.1 Å². The zero-order valence-corrected chi connectivity index (χ0v) is 31.4. The maximum Gasteiger partial charge on any atom is 0.410 e. The number of benzene rings is 1. The van der Waals surface area contributed by atoms with Crippen LogP contribution in [0.25, 0.3) is 11.4 Å². The van der Waals surface area contributed by atoms with Gasteiger partial charge in [0.1, 0.15) is 28.9 Å². The molecule has 47 heavy (non-hydrogen) atoms. The minimum atomic E-state index is -2.20. The molecule has 1 aromatic heterocycles. The number of ether oxygens (including phenoxy) is 2. The fraction of sp³-hybridized carbons (Fsp3) is 0.647. The first kappa shape index (κ1) is 36.7. The number of hydrogen-bond acceptors (Lipinski definition) is 8. The first-order chi connectivity index (χ1) is 21.7. The summed E-state index contributed by atoms with van der Waals surface area (Å²) in [5.74, 6) is 1.92. The van der Waals surface area contributed by atoms with Gasteiger partial charge in [0.05, 0.1) is 12.6 Å². The van der Waals surface area contributed by atoms with Crippen LogP contribution in [0.15, 0.2) is 24.3 Å². The number of amides is 2. The lowest BCUT2D eigenvalue weighted by Gasteiger charge is -2.54. The Morgan fingerprint density at radius 1 is 1.11 bits per heavy atom. The van der Waals surface area contributed by atoms with Gasteiger partial charge in [-0.1, -0.05) is 44.5 Å². The minimum absolute atomic E-state index is 0.0265. The summed E-state index contributed by atoms with van der Waals surface area (Å²) in [5.41, 5.74) is 1.09. The molecule has 4 rings (SSSR count). The van der Waals surface area contributed by atoms with Crippen molar-refractivity contribution in [2.24, 2.45) is 5.41 Å². The van der Waals surface area contributed by atoms with Crippen LogP contribution in [0.3, 0.4) is 0 Å². The van der Waals surface area contributed by atoms with Gasteiger partial charge >= 0.3 is 12.2 Å².